The van der Waals surface area contributed by atoms with Gasteiger partial charge >= 0.3 is 0 Å². The molecule has 1 amide bonds. The second-order valence-corrected chi connectivity index (χ2v) is 6.47. The summed E-state index contributed by atoms with van der Waals surface area (Å²) in [6.07, 6.45) is 3.27. The average Bonchev–Trinajstić information content (AvgIpc) is 3.16. The van der Waals surface area contributed by atoms with Crippen molar-refractivity contribution < 1.29 is 9.53 Å². The van der Waals surface area contributed by atoms with Crippen molar-refractivity contribution in [2.45, 2.75) is 32.4 Å². The maximum absolute atomic E-state index is 12.7. The molecule has 0 unspecified atom stereocenters. The second-order valence-electron chi connectivity index (χ2n) is 5.44. The maximum atomic E-state index is 12.7. The van der Waals surface area contributed by atoms with E-state index in [1.165, 1.54) is 5.56 Å². The number of aromatic nitrogens is 2. The Morgan fingerprint density at radius 2 is 2.41 bits per heavy atom. The lowest BCUT2D eigenvalue weighted by molar-refractivity contribution is -0.134. The normalized spacial score (nSPS) is 17.5. The molecule has 1 aliphatic rings. The summed E-state index contributed by atoms with van der Waals surface area (Å²) in [7, 11) is 1.68. The Labute approximate surface area is 134 Å². The molecule has 3 heterocycles. The zero-order valence-electron chi connectivity index (χ0n) is 13.0. The predicted molar refractivity (Wildman–Crippen MR) is 86.0 cm³/mol. The van der Waals surface area contributed by atoms with Crippen LogP contribution < -0.4 is 0 Å². The molecular formula is C16H21N3O2S. The molecule has 1 atom stereocenters. The van der Waals surface area contributed by atoms with Crippen LogP contribution in [0.15, 0.2) is 23.7 Å². The molecule has 5 nitrogen and oxygen atoms in total. The molecule has 1 aliphatic heterocycles. The molecule has 0 aliphatic carbocycles. The Hall–Kier alpha value is -1.66. The van der Waals surface area contributed by atoms with Gasteiger partial charge in [0.15, 0.2) is 0 Å². The SMILES string of the molecule is CCn1ncc2c1[C@H](COC)N(C(=O)Cc1cccs1)CC2. The van der Waals surface area contributed by atoms with Gasteiger partial charge in [-0.15, -0.1) is 11.3 Å². The Morgan fingerprint density at radius 3 is 3.09 bits per heavy atom. The summed E-state index contributed by atoms with van der Waals surface area (Å²) in [5.41, 5.74) is 2.37. The number of fused-ring (bicyclic) bond motifs is 1. The third-order valence-electron chi connectivity index (χ3n) is 4.12. The number of hydrogen-bond donors (Lipinski definition) is 0. The molecule has 22 heavy (non-hydrogen) atoms. The summed E-state index contributed by atoms with van der Waals surface area (Å²) in [6.45, 7) is 4.13. The van der Waals surface area contributed by atoms with Gasteiger partial charge in [-0.2, -0.15) is 5.10 Å². The fourth-order valence-corrected chi connectivity index (χ4v) is 3.79. The third-order valence-corrected chi connectivity index (χ3v) is 5.00. The van der Waals surface area contributed by atoms with Gasteiger partial charge in [-0.3, -0.25) is 9.48 Å². The minimum atomic E-state index is -0.0383. The average molecular weight is 319 g/mol. The molecular weight excluding hydrogens is 298 g/mol. The molecule has 2 aromatic rings. The molecule has 0 saturated carbocycles. The number of carbonyl (C=O) groups excluding carboxylic acids is 1. The highest BCUT2D eigenvalue weighted by Crippen LogP contribution is 2.30. The lowest BCUT2D eigenvalue weighted by Gasteiger charge is -2.36. The highest BCUT2D eigenvalue weighted by atomic mass is 32.1. The van der Waals surface area contributed by atoms with Gasteiger partial charge in [0, 0.05) is 25.1 Å². The van der Waals surface area contributed by atoms with Crippen LogP contribution in [0.3, 0.4) is 0 Å². The highest BCUT2D eigenvalue weighted by molar-refractivity contribution is 7.10. The monoisotopic (exact) mass is 319 g/mol. The van der Waals surface area contributed by atoms with Crippen LogP contribution in [0, 0.1) is 0 Å². The van der Waals surface area contributed by atoms with E-state index < -0.39 is 0 Å². The van der Waals surface area contributed by atoms with Crippen molar-refractivity contribution in [3.05, 3.63) is 39.8 Å². The lowest BCUT2D eigenvalue weighted by Crippen LogP contribution is -2.43. The molecule has 0 spiro atoms. The number of carbonyl (C=O) groups is 1. The van der Waals surface area contributed by atoms with Crippen LogP contribution in [0.4, 0.5) is 0 Å². The second kappa shape index (κ2) is 6.62. The molecule has 6 heteroatoms. The van der Waals surface area contributed by atoms with Gasteiger partial charge in [-0.05, 0) is 30.4 Å². The molecule has 0 bridgehead atoms. The van der Waals surface area contributed by atoms with Crippen LogP contribution >= 0.6 is 11.3 Å². The summed E-state index contributed by atoms with van der Waals surface area (Å²) in [5.74, 6) is 0.166. The minimum absolute atomic E-state index is 0.0383. The van der Waals surface area contributed by atoms with E-state index in [9.17, 15) is 4.79 Å². The van der Waals surface area contributed by atoms with Crippen molar-refractivity contribution in [1.82, 2.24) is 14.7 Å². The first-order valence-electron chi connectivity index (χ1n) is 7.60. The fourth-order valence-electron chi connectivity index (χ4n) is 3.10. The number of ether oxygens (including phenoxy) is 1. The number of methoxy groups -OCH3 is 1. The zero-order valence-corrected chi connectivity index (χ0v) is 13.8. The first-order valence-corrected chi connectivity index (χ1v) is 8.48. The Bertz CT molecular complexity index is 622. The van der Waals surface area contributed by atoms with Crippen LogP contribution in [0.2, 0.25) is 0 Å². The molecule has 2 aromatic heterocycles. The molecule has 0 fully saturated rings. The van der Waals surface area contributed by atoms with Gasteiger partial charge in [0.2, 0.25) is 5.91 Å². The molecule has 118 valence electrons. The first kappa shape index (κ1) is 15.2. The number of nitrogens with zero attached hydrogens (tertiary/aromatic N) is 3. The van der Waals surface area contributed by atoms with Crippen LogP contribution in [-0.4, -0.2) is 40.8 Å². The zero-order chi connectivity index (χ0) is 15.5. The van der Waals surface area contributed by atoms with Crippen LogP contribution in [-0.2, 0) is 28.9 Å². The van der Waals surface area contributed by atoms with Gasteiger partial charge in [0.05, 0.1) is 31.0 Å². The smallest absolute Gasteiger partial charge is 0.228 e. The van der Waals surface area contributed by atoms with E-state index >= 15 is 0 Å². The molecule has 0 N–H and O–H groups in total. The number of rotatable bonds is 5. The molecule has 3 rings (SSSR count). The van der Waals surface area contributed by atoms with Crippen molar-refractivity contribution in [1.29, 1.82) is 0 Å². The summed E-state index contributed by atoms with van der Waals surface area (Å²) in [6, 6.07) is 3.96. The van der Waals surface area contributed by atoms with Crippen LogP contribution in [0.1, 0.15) is 29.1 Å². The number of aryl methyl sites for hydroxylation is 1. The van der Waals surface area contributed by atoms with E-state index in [0.29, 0.717) is 13.0 Å². The van der Waals surface area contributed by atoms with E-state index in [4.69, 9.17) is 4.74 Å². The largest absolute Gasteiger partial charge is 0.382 e. The molecule has 0 radical (unpaired) electrons. The van der Waals surface area contributed by atoms with E-state index in [1.54, 1.807) is 18.4 Å². The maximum Gasteiger partial charge on any atom is 0.228 e. The van der Waals surface area contributed by atoms with Crippen LogP contribution in [0.25, 0.3) is 0 Å². The van der Waals surface area contributed by atoms with E-state index in [-0.39, 0.29) is 11.9 Å². The molecule has 0 saturated heterocycles. The van der Waals surface area contributed by atoms with Gasteiger partial charge in [-0.1, -0.05) is 6.07 Å². The summed E-state index contributed by atoms with van der Waals surface area (Å²) < 4.78 is 7.38. The van der Waals surface area contributed by atoms with Gasteiger partial charge in [0.25, 0.3) is 0 Å². The number of thiophene rings is 1. The Kier molecular flexibility index (Phi) is 4.59. The molecule has 0 aromatic carbocycles. The lowest BCUT2D eigenvalue weighted by atomic mass is 9.99. The minimum Gasteiger partial charge on any atom is -0.382 e. The summed E-state index contributed by atoms with van der Waals surface area (Å²) in [4.78, 5) is 15.8. The van der Waals surface area contributed by atoms with Gasteiger partial charge in [-0.25, -0.2) is 0 Å². The van der Waals surface area contributed by atoms with Crippen molar-refractivity contribution in [3.63, 3.8) is 0 Å². The van der Waals surface area contributed by atoms with Crippen molar-refractivity contribution in [2.75, 3.05) is 20.3 Å². The first-order chi connectivity index (χ1) is 10.7. The topological polar surface area (TPSA) is 47.4 Å². The predicted octanol–water partition coefficient (Wildman–Crippen LogP) is 2.28. The quantitative estimate of drug-likeness (QED) is 0.849. The highest BCUT2D eigenvalue weighted by Gasteiger charge is 2.33. The third kappa shape index (κ3) is 2.80. The van der Waals surface area contributed by atoms with E-state index in [1.807, 2.05) is 33.3 Å². The standard InChI is InChI=1S/C16H21N3O2S/c1-3-19-16-12(10-17-19)6-7-18(14(16)11-21-2)15(20)9-13-5-4-8-22-13/h4-5,8,10,14H,3,6-7,9,11H2,1-2H3/t14-/m0/s1. The number of amides is 1. The van der Waals surface area contributed by atoms with Gasteiger partial charge in [0.1, 0.15) is 0 Å². The summed E-state index contributed by atoms with van der Waals surface area (Å²) in [5, 5.41) is 6.45. The Morgan fingerprint density at radius 1 is 1.55 bits per heavy atom. The van der Waals surface area contributed by atoms with Gasteiger partial charge < -0.3 is 9.64 Å². The van der Waals surface area contributed by atoms with Crippen LogP contribution in [0.5, 0.6) is 0 Å². The Balaban J connectivity index is 1.86. The fraction of sp³-hybridized carbons (Fsp3) is 0.500. The van der Waals surface area contributed by atoms with E-state index in [2.05, 4.69) is 12.0 Å². The van der Waals surface area contributed by atoms with Crippen molar-refractivity contribution in [3.8, 4) is 0 Å². The number of hydrogen-bond acceptors (Lipinski definition) is 4. The summed E-state index contributed by atoms with van der Waals surface area (Å²) >= 11 is 1.63. The van der Waals surface area contributed by atoms with E-state index in [0.717, 1.165) is 30.1 Å². The van der Waals surface area contributed by atoms with Crippen molar-refractivity contribution in [2.24, 2.45) is 0 Å². The van der Waals surface area contributed by atoms with Crippen molar-refractivity contribution >= 4 is 17.2 Å².